The van der Waals surface area contributed by atoms with Crippen molar-refractivity contribution in [1.82, 2.24) is 4.57 Å². The van der Waals surface area contributed by atoms with Crippen molar-refractivity contribution in [2.24, 2.45) is 0 Å². The van der Waals surface area contributed by atoms with Crippen LogP contribution in [-0.2, 0) is 0 Å². The molecular weight excluding hydrogens is 633 g/mol. The summed E-state index contributed by atoms with van der Waals surface area (Å²) in [6.07, 6.45) is 0. The molecule has 3 heteroatoms. The van der Waals surface area contributed by atoms with E-state index >= 15 is 0 Å². The monoisotopic (exact) mass is 666 g/mol. The van der Waals surface area contributed by atoms with E-state index in [4.69, 9.17) is 4.42 Å². The van der Waals surface area contributed by atoms with Gasteiger partial charge in [0, 0.05) is 33.1 Å². The summed E-state index contributed by atoms with van der Waals surface area (Å²) in [6, 6.07) is 67.3. The number of anilines is 3. The third-order valence-corrected chi connectivity index (χ3v) is 10.3. The van der Waals surface area contributed by atoms with Crippen LogP contribution >= 0.6 is 0 Å². The zero-order valence-electron chi connectivity index (χ0n) is 28.7. The van der Waals surface area contributed by atoms with Crippen LogP contribution in [0.5, 0.6) is 0 Å². The number of rotatable bonds is 6. The lowest BCUT2D eigenvalue weighted by atomic mass is 9.99. The topological polar surface area (TPSA) is 21.3 Å². The maximum atomic E-state index is 6.38. The van der Waals surface area contributed by atoms with Gasteiger partial charge >= 0.3 is 0 Å². The van der Waals surface area contributed by atoms with Crippen molar-refractivity contribution >= 4 is 60.8 Å². The lowest BCUT2D eigenvalue weighted by molar-refractivity contribution is 0.669. The Labute approximate surface area is 302 Å². The second-order valence-corrected chi connectivity index (χ2v) is 13.4. The number of hydrogen-bond acceptors (Lipinski definition) is 2. The predicted molar refractivity (Wildman–Crippen MR) is 218 cm³/mol. The SMILES string of the molecule is Cc1ccc(-n2c3ccccc3c3cc(-c4ccc(N(c5ccccc5-c5ccccc5)c5cccc6oc7ccccc7c56)cc4)ccc32)cc1. The quantitative estimate of drug-likeness (QED) is 0.176. The number of aryl methyl sites for hydroxylation is 1. The van der Waals surface area contributed by atoms with Crippen molar-refractivity contribution in [3.63, 3.8) is 0 Å². The van der Waals surface area contributed by atoms with Gasteiger partial charge in [-0.1, -0.05) is 127 Å². The summed E-state index contributed by atoms with van der Waals surface area (Å²) in [5.74, 6) is 0. The Bertz CT molecular complexity index is 2900. The molecule has 0 unspecified atom stereocenters. The van der Waals surface area contributed by atoms with Gasteiger partial charge < -0.3 is 13.9 Å². The number of para-hydroxylation sites is 3. The number of hydrogen-bond donors (Lipinski definition) is 0. The first-order valence-electron chi connectivity index (χ1n) is 17.8. The number of furan rings is 1. The molecule has 0 aliphatic rings. The zero-order valence-corrected chi connectivity index (χ0v) is 28.7. The first-order valence-corrected chi connectivity index (χ1v) is 17.8. The highest BCUT2D eigenvalue weighted by Crippen LogP contribution is 2.46. The van der Waals surface area contributed by atoms with Gasteiger partial charge in [-0.15, -0.1) is 0 Å². The fourth-order valence-electron chi connectivity index (χ4n) is 7.81. The summed E-state index contributed by atoms with van der Waals surface area (Å²) in [6.45, 7) is 2.13. The molecule has 0 amide bonds. The smallest absolute Gasteiger partial charge is 0.137 e. The van der Waals surface area contributed by atoms with Crippen molar-refractivity contribution < 1.29 is 4.42 Å². The summed E-state index contributed by atoms with van der Waals surface area (Å²) in [5.41, 5.74) is 14.5. The van der Waals surface area contributed by atoms with Gasteiger partial charge in [-0.05, 0) is 90.3 Å². The zero-order chi connectivity index (χ0) is 34.6. The van der Waals surface area contributed by atoms with E-state index in [0.717, 1.165) is 44.6 Å². The van der Waals surface area contributed by atoms with Crippen LogP contribution < -0.4 is 4.90 Å². The molecule has 0 bridgehead atoms. The van der Waals surface area contributed by atoms with Gasteiger partial charge in [-0.2, -0.15) is 0 Å². The molecule has 0 spiro atoms. The molecule has 0 aliphatic heterocycles. The van der Waals surface area contributed by atoms with E-state index in [-0.39, 0.29) is 0 Å². The highest BCUT2D eigenvalue weighted by molar-refractivity contribution is 6.14. The fourth-order valence-corrected chi connectivity index (χ4v) is 7.81. The van der Waals surface area contributed by atoms with E-state index in [1.807, 2.05) is 12.1 Å². The summed E-state index contributed by atoms with van der Waals surface area (Å²) in [5, 5.41) is 4.70. The van der Waals surface area contributed by atoms with Gasteiger partial charge in [-0.3, -0.25) is 0 Å². The third-order valence-electron chi connectivity index (χ3n) is 10.3. The van der Waals surface area contributed by atoms with Crippen LogP contribution in [0.1, 0.15) is 5.56 Å². The minimum atomic E-state index is 0.871. The molecule has 2 aromatic heterocycles. The summed E-state index contributed by atoms with van der Waals surface area (Å²) < 4.78 is 8.75. The molecule has 10 rings (SSSR count). The summed E-state index contributed by atoms with van der Waals surface area (Å²) >= 11 is 0. The van der Waals surface area contributed by atoms with Gasteiger partial charge in [0.1, 0.15) is 11.2 Å². The Morgan fingerprint density at radius 3 is 1.94 bits per heavy atom. The maximum Gasteiger partial charge on any atom is 0.137 e. The van der Waals surface area contributed by atoms with Crippen molar-refractivity contribution in [3.8, 4) is 27.9 Å². The second kappa shape index (κ2) is 12.2. The highest BCUT2D eigenvalue weighted by atomic mass is 16.3. The predicted octanol–water partition coefficient (Wildman–Crippen LogP) is 13.8. The molecule has 0 saturated carbocycles. The third kappa shape index (κ3) is 4.90. The van der Waals surface area contributed by atoms with E-state index < -0.39 is 0 Å². The van der Waals surface area contributed by atoms with E-state index in [0.29, 0.717) is 0 Å². The van der Waals surface area contributed by atoms with E-state index in [1.54, 1.807) is 0 Å². The molecule has 0 N–H and O–H groups in total. The van der Waals surface area contributed by atoms with Gasteiger partial charge in [0.05, 0.1) is 27.8 Å². The number of benzene rings is 8. The number of nitrogens with zero attached hydrogens (tertiary/aromatic N) is 2. The molecule has 246 valence electrons. The lowest BCUT2D eigenvalue weighted by Crippen LogP contribution is -2.11. The maximum absolute atomic E-state index is 6.38. The Morgan fingerprint density at radius 2 is 1.10 bits per heavy atom. The molecule has 0 saturated heterocycles. The number of fused-ring (bicyclic) bond motifs is 6. The highest BCUT2D eigenvalue weighted by Gasteiger charge is 2.22. The molecule has 52 heavy (non-hydrogen) atoms. The average molecular weight is 667 g/mol. The van der Waals surface area contributed by atoms with Crippen LogP contribution in [0.25, 0.3) is 71.7 Å². The fraction of sp³-hybridized carbons (Fsp3) is 0.0204. The van der Waals surface area contributed by atoms with Crippen LogP contribution in [-0.4, -0.2) is 4.57 Å². The lowest BCUT2D eigenvalue weighted by Gasteiger charge is -2.28. The van der Waals surface area contributed by atoms with Gasteiger partial charge in [-0.25, -0.2) is 0 Å². The van der Waals surface area contributed by atoms with Crippen LogP contribution in [0.2, 0.25) is 0 Å². The van der Waals surface area contributed by atoms with Crippen molar-refractivity contribution in [3.05, 3.63) is 194 Å². The molecule has 0 fully saturated rings. The summed E-state index contributed by atoms with van der Waals surface area (Å²) in [7, 11) is 0. The van der Waals surface area contributed by atoms with Crippen LogP contribution in [0.4, 0.5) is 17.1 Å². The molecule has 8 aromatic carbocycles. The van der Waals surface area contributed by atoms with E-state index in [1.165, 1.54) is 49.7 Å². The van der Waals surface area contributed by atoms with E-state index in [9.17, 15) is 0 Å². The number of aromatic nitrogens is 1. The molecule has 10 aromatic rings. The molecular formula is C49H34N2O. The van der Waals surface area contributed by atoms with Crippen LogP contribution in [0.15, 0.2) is 192 Å². The molecule has 3 nitrogen and oxygen atoms in total. The largest absolute Gasteiger partial charge is 0.456 e. The standard InChI is InChI=1S/C49H34N2O/c1-33-22-27-37(28-23-33)50-44-18-9-6-15-40(44)42-32-36(26-31-45(42)50)34-24-29-38(30-25-34)51(43-17-8-5-14-39(43)35-12-3-2-4-13-35)46-19-11-21-48-49(46)41-16-7-10-20-47(41)52-48/h2-32H,1H3. The second-order valence-electron chi connectivity index (χ2n) is 13.4. The van der Waals surface area contributed by atoms with Gasteiger partial charge in [0.15, 0.2) is 0 Å². The van der Waals surface area contributed by atoms with Gasteiger partial charge in [0.2, 0.25) is 0 Å². The van der Waals surface area contributed by atoms with E-state index in [2.05, 4.69) is 192 Å². The molecule has 0 radical (unpaired) electrons. The first kappa shape index (κ1) is 30.0. The van der Waals surface area contributed by atoms with Gasteiger partial charge in [0.25, 0.3) is 0 Å². The minimum absolute atomic E-state index is 0.871. The normalized spacial score (nSPS) is 11.6. The summed E-state index contributed by atoms with van der Waals surface area (Å²) in [4.78, 5) is 2.38. The Morgan fingerprint density at radius 1 is 0.442 bits per heavy atom. The van der Waals surface area contributed by atoms with Crippen molar-refractivity contribution in [2.45, 2.75) is 6.92 Å². The average Bonchev–Trinajstić information content (AvgIpc) is 3.75. The Kier molecular flexibility index (Phi) is 7.04. The van der Waals surface area contributed by atoms with Crippen molar-refractivity contribution in [1.29, 1.82) is 0 Å². The molecule has 2 heterocycles. The van der Waals surface area contributed by atoms with Crippen LogP contribution in [0.3, 0.4) is 0 Å². The van der Waals surface area contributed by atoms with Crippen molar-refractivity contribution in [2.75, 3.05) is 4.90 Å². The Hall–Kier alpha value is -6.84. The Balaban J connectivity index is 1.13. The first-order chi connectivity index (χ1) is 25.7. The van der Waals surface area contributed by atoms with Crippen LogP contribution in [0, 0.1) is 6.92 Å². The molecule has 0 atom stereocenters. The minimum Gasteiger partial charge on any atom is -0.456 e. The molecule has 0 aliphatic carbocycles.